The second-order valence-electron chi connectivity index (χ2n) is 4.38. The smallest absolute Gasteiger partial charge is 0.244 e. The van der Waals surface area contributed by atoms with E-state index in [1.54, 1.807) is 25.3 Å². The van der Waals surface area contributed by atoms with Crippen molar-refractivity contribution in [1.29, 1.82) is 0 Å². The highest BCUT2D eigenvalue weighted by atomic mass is 16.5. The Morgan fingerprint density at radius 2 is 1.90 bits per heavy atom. The van der Waals surface area contributed by atoms with E-state index >= 15 is 0 Å². The van der Waals surface area contributed by atoms with Gasteiger partial charge in [0.1, 0.15) is 0 Å². The number of carbonyl (C=O) groups is 2. The topological polar surface area (TPSA) is 93.5 Å². The van der Waals surface area contributed by atoms with Gasteiger partial charge in [-0.25, -0.2) is 0 Å². The Morgan fingerprint density at radius 3 is 2.57 bits per heavy atom. The van der Waals surface area contributed by atoms with E-state index in [4.69, 9.17) is 10.5 Å². The number of carbonyl (C=O) groups excluding carboxylic acids is 2. The average Bonchev–Trinajstić information content (AvgIpc) is 2.47. The van der Waals surface area contributed by atoms with E-state index in [9.17, 15) is 9.59 Å². The molecular weight excluding hydrogens is 270 g/mol. The van der Waals surface area contributed by atoms with Crippen LogP contribution in [0.1, 0.15) is 12.0 Å². The van der Waals surface area contributed by atoms with Crippen molar-refractivity contribution in [3.05, 3.63) is 35.9 Å². The van der Waals surface area contributed by atoms with E-state index in [0.717, 1.165) is 5.56 Å². The molecule has 0 aliphatic carbocycles. The van der Waals surface area contributed by atoms with Gasteiger partial charge in [-0.15, -0.1) is 0 Å². The number of benzene rings is 1. The van der Waals surface area contributed by atoms with Gasteiger partial charge in [-0.05, 0) is 23.8 Å². The Balaban J connectivity index is 2.22. The van der Waals surface area contributed by atoms with Crippen LogP contribution in [0, 0.1) is 0 Å². The van der Waals surface area contributed by atoms with Crippen LogP contribution in [0.25, 0.3) is 6.08 Å². The van der Waals surface area contributed by atoms with E-state index < -0.39 is 0 Å². The summed E-state index contributed by atoms with van der Waals surface area (Å²) >= 11 is 0. The van der Waals surface area contributed by atoms with Gasteiger partial charge in [0.05, 0.1) is 6.61 Å². The zero-order chi connectivity index (χ0) is 15.5. The number of ether oxygens (including phenoxy) is 1. The normalized spacial score (nSPS) is 10.5. The van der Waals surface area contributed by atoms with Gasteiger partial charge in [0, 0.05) is 38.4 Å². The fourth-order valence-corrected chi connectivity index (χ4v) is 1.52. The van der Waals surface area contributed by atoms with Crippen molar-refractivity contribution in [2.45, 2.75) is 6.42 Å². The van der Waals surface area contributed by atoms with E-state index in [1.165, 1.54) is 6.08 Å². The van der Waals surface area contributed by atoms with E-state index in [1.807, 2.05) is 12.1 Å². The second kappa shape index (κ2) is 9.55. The maximum absolute atomic E-state index is 11.6. The molecule has 6 nitrogen and oxygen atoms in total. The monoisotopic (exact) mass is 291 g/mol. The summed E-state index contributed by atoms with van der Waals surface area (Å²) in [5, 5.41) is 5.32. The number of amides is 2. The van der Waals surface area contributed by atoms with Gasteiger partial charge < -0.3 is 21.1 Å². The lowest BCUT2D eigenvalue weighted by Gasteiger charge is -2.04. The molecule has 0 atom stereocenters. The third-order valence-corrected chi connectivity index (χ3v) is 2.64. The molecule has 0 spiro atoms. The molecule has 0 aromatic heterocycles. The van der Waals surface area contributed by atoms with Gasteiger partial charge in [0.25, 0.3) is 0 Å². The number of rotatable bonds is 8. The van der Waals surface area contributed by atoms with E-state index in [-0.39, 0.29) is 18.2 Å². The lowest BCUT2D eigenvalue weighted by atomic mass is 10.2. The molecule has 0 aliphatic rings. The first-order valence-electron chi connectivity index (χ1n) is 6.69. The first kappa shape index (κ1) is 16.7. The molecule has 1 aromatic rings. The van der Waals surface area contributed by atoms with Crippen molar-refractivity contribution in [2.24, 2.45) is 0 Å². The fourth-order valence-electron chi connectivity index (χ4n) is 1.52. The van der Waals surface area contributed by atoms with E-state index in [0.29, 0.717) is 25.4 Å². The van der Waals surface area contributed by atoms with Gasteiger partial charge in [0.15, 0.2) is 0 Å². The Labute approximate surface area is 124 Å². The zero-order valence-corrected chi connectivity index (χ0v) is 12.1. The molecule has 114 valence electrons. The Morgan fingerprint density at radius 1 is 1.19 bits per heavy atom. The molecular formula is C15H21N3O3. The Kier molecular flexibility index (Phi) is 7.60. The summed E-state index contributed by atoms with van der Waals surface area (Å²) in [4.78, 5) is 22.9. The number of methoxy groups -OCH3 is 1. The summed E-state index contributed by atoms with van der Waals surface area (Å²) in [7, 11) is 1.57. The van der Waals surface area contributed by atoms with Crippen molar-refractivity contribution in [3.63, 3.8) is 0 Å². The minimum atomic E-state index is -0.239. The summed E-state index contributed by atoms with van der Waals surface area (Å²) < 4.78 is 4.81. The first-order valence-corrected chi connectivity index (χ1v) is 6.69. The van der Waals surface area contributed by atoms with Crippen LogP contribution in [0.5, 0.6) is 0 Å². The lowest BCUT2D eigenvalue weighted by Crippen LogP contribution is -2.31. The fraction of sp³-hybridized carbons (Fsp3) is 0.333. The van der Waals surface area contributed by atoms with Gasteiger partial charge in [-0.1, -0.05) is 12.1 Å². The van der Waals surface area contributed by atoms with Crippen LogP contribution in [0.15, 0.2) is 30.3 Å². The molecule has 6 heteroatoms. The molecule has 2 amide bonds. The molecule has 0 bridgehead atoms. The summed E-state index contributed by atoms with van der Waals surface area (Å²) in [5.41, 5.74) is 7.13. The van der Waals surface area contributed by atoms with Crippen molar-refractivity contribution < 1.29 is 14.3 Å². The number of nitrogens with two attached hydrogens (primary N) is 1. The van der Waals surface area contributed by atoms with Crippen LogP contribution in [-0.2, 0) is 14.3 Å². The van der Waals surface area contributed by atoms with E-state index in [2.05, 4.69) is 10.6 Å². The van der Waals surface area contributed by atoms with Gasteiger partial charge in [-0.3, -0.25) is 9.59 Å². The molecule has 1 rings (SSSR count). The van der Waals surface area contributed by atoms with Crippen LogP contribution in [0.4, 0.5) is 5.69 Å². The van der Waals surface area contributed by atoms with Crippen LogP contribution >= 0.6 is 0 Å². The van der Waals surface area contributed by atoms with Crippen molar-refractivity contribution >= 4 is 23.6 Å². The average molecular weight is 291 g/mol. The van der Waals surface area contributed by atoms with Crippen molar-refractivity contribution in [2.75, 3.05) is 32.5 Å². The summed E-state index contributed by atoms with van der Waals surface area (Å²) in [6.07, 6.45) is 3.35. The molecule has 0 unspecified atom stereocenters. The predicted octanol–water partition coefficient (Wildman–Crippen LogP) is 0.551. The third-order valence-electron chi connectivity index (χ3n) is 2.64. The maximum atomic E-state index is 11.6. The second-order valence-corrected chi connectivity index (χ2v) is 4.38. The Hall–Kier alpha value is -2.34. The number of hydrogen-bond acceptors (Lipinski definition) is 4. The summed E-state index contributed by atoms with van der Waals surface area (Å²) in [6.45, 7) is 1.24. The molecule has 0 aliphatic heterocycles. The van der Waals surface area contributed by atoms with Crippen molar-refractivity contribution in [3.8, 4) is 0 Å². The molecule has 0 saturated heterocycles. The highest BCUT2D eigenvalue weighted by molar-refractivity contribution is 5.92. The molecule has 0 radical (unpaired) electrons. The maximum Gasteiger partial charge on any atom is 0.244 e. The van der Waals surface area contributed by atoms with Crippen LogP contribution < -0.4 is 16.4 Å². The minimum absolute atomic E-state index is 0.116. The molecule has 0 fully saturated rings. The highest BCUT2D eigenvalue weighted by Crippen LogP contribution is 2.06. The summed E-state index contributed by atoms with van der Waals surface area (Å²) in [5.74, 6) is -0.355. The molecule has 0 saturated carbocycles. The molecule has 21 heavy (non-hydrogen) atoms. The SMILES string of the molecule is COCCNC(=O)CCNC(=O)/C=C/c1ccc(N)cc1. The Bertz CT molecular complexity index is 483. The zero-order valence-electron chi connectivity index (χ0n) is 12.1. The predicted molar refractivity (Wildman–Crippen MR) is 82.4 cm³/mol. The van der Waals surface area contributed by atoms with Crippen LogP contribution in [0.3, 0.4) is 0 Å². The highest BCUT2D eigenvalue weighted by Gasteiger charge is 2.01. The first-order chi connectivity index (χ1) is 10.1. The molecule has 4 N–H and O–H groups in total. The quantitative estimate of drug-likeness (QED) is 0.370. The third kappa shape index (κ3) is 7.74. The number of anilines is 1. The largest absolute Gasteiger partial charge is 0.399 e. The summed E-state index contributed by atoms with van der Waals surface area (Å²) in [6, 6.07) is 7.18. The molecule has 1 aromatic carbocycles. The lowest BCUT2D eigenvalue weighted by molar-refractivity contribution is -0.121. The van der Waals surface area contributed by atoms with Crippen LogP contribution in [-0.4, -0.2) is 38.6 Å². The van der Waals surface area contributed by atoms with Crippen LogP contribution in [0.2, 0.25) is 0 Å². The number of hydrogen-bond donors (Lipinski definition) is 3. The molecule has 0 heterocycles. The minimum Gasteiger partial charge on any atom is -0.399 e. The number of nitrogens with one attached hydrogen (secondary N) is 2. The van der Waals surface area contributed by atoms with Gasteiger partial charge in [0.2, 0.25) is 11.8 Å². The standard InChI is InChI=1S/C15H21N3O3/c1-21-11-10-18-15(20)8-9-17-14(19)7-4-12-2-5-13(16)6-3-12/h2-7H,8-11,16H2,1H3,(H,17,19)(H,18,20)/b7-4+. The van der Waals surface area contributed by atoms with Gasteiger partial charge >= 0.3 is 0 Å². The van der Waals surface area contributed by atoms with Gasteiger partial charge in [-0.2, -0.15) is 0 Å². The van der Waals surface area contributed by atoms with Crippen molar-refractivity contribution in [1.82, 2.24) is 10.6 Å². The number of nitrogen functional groups attached to an aromatic ring is 1.